The van der Waals surface area contributed by atoms with E-state index < -0.39 is 0 Å². The van der Waals surface area contributed by atoms with E-state index >= 15 is 0 Å². The average molecular weight is 277 g/mol. The lowest BCUT2D eigenvalue weighted by molar-refractivity contribution is -0.126. The van der Waals surface area contributed by atoms with E-state index in [9.17, 15) is 4.79 Å². The van der Waals surface area contributed by atoms with Crippen LogP contribution in [0.2, 0.25) is 0 Å². The third kappa shape index (κ3) is 4.53. The van der Waals surface area contributed by atoms with Crippen LogP contribution in [-0.2, 0) is 11.3 Å². The monoisotopic (exact) mass is 277 g/mol. The maximum Gasteiger partial charge on any atom is 0.237 e. The largest absolute Gasteiger partial charge is 0.398 e. The van der Waals surface area contributed by atoms with Gasteiger partial charge in [-0.05, 0) is 38.8 Å². The van der Waals surface area contributed by atoms with E-state index in [4.69, 9.17) is 5.73 Å². The Hall–Kier alpha value is -1.55. The van der Waals surface area contributed by atoms with Crippen molar-refractivity contribution in [3.8, 4) is 0 Å². The molecule has 3 N–H and O–H groups in total. The van der Waals surface area contributed by atoms with Crippen LogP contribution in [0.5, 0.6) is 0 Å². The predicted molar refractivity (Wildman–Crippen MR) is 84.3 cm³/mol. The number of nitrogens with two attached hydrogens (primary N) is 1. The number of rotatable bonds is 7. The van der Waals surface area contributed by atoms with Gasteiger partial charge in [0, 0.05) is 24.8 Å². The van der Waals surface area contributed by atoms with Gasteiger partial charge in [-0.3, -0.25) is 9.69 Å². The molecule has 0 aliphatic heterocycles. The number of para-hydroxylation sites is 1. The Labute approximate surface area is 122 Å². The number of carbonyl (C=O) groups excluding carboxylic acids is 1. The number of nitrogen functional groups attached to an aromatic ring is 1. The van der Waals surface area contributed by atoms with Gasteiger partial charge < -0.3 is 11.1 Å². The first-order chi connectivity index (χ1) is 9.47. The van der Waals surface area contributed by atoms with E-state index in [1.54, 1.807) is 0 Å². The van der Waals surface area contributed by atoms with Gasteiger partial charge >= 0.3 is 0 Å². The van der Waals surface area contributed by atoms with Crippen molar-refractivity contribution in [2.24, 2.45) is 0 Å². The summed E-state index contributed by atoms with van der Waals surface area (Å²) in [5, 5.41) is 2.96. The highest BCUT2D eigenvalue weighted by Crippen LogP contribution is 2.17. The standard InChI is InChI=1S/C16H27N3O/c1-5-10-18-16(20)13(4)19(12(2)3)11-14-8-6-7-9-15(14)17/h6-9,12-13H,5,10-11,17H2,1-4H3,(H,18,20). The van der Waals surface area contributed by atoms with Crippen LogP contribution in [-0.4, -0.2) is 29.4 Å². The van der Waals surface area contributed by atoms with Gasteiger partial charge in [0.05, 0.1) is 6.04 Å². The summed E-state index contributed by atoms with van der Waals surface area (Å²) in [5.41, 5.74) is 7.84. The Bertz CT molecular complexity index is 431. The minimum absolute atomic E-state index is 0.0788. The number of hydrogen-bond acceptors (Lipinski definition) is 3. The smallest absolute Gasteiger partial charge is 0.237 e. The molecule has 1 aromatic carbocycles. The first-order valence-corrected chi connectivity index (χ1v) is 7.34. The summed E-state index contributed by atoms with van der Waals surface area (Å²) in [5.74, 6) is 0.0788. The van der Waals surface area contributed by atoms with Gasteiger partial charge in [-0.2, -0.15) is 0 Å². The summed E-state index contributed by atoms with van der Waals surface area (Å²) in [6.45, 7) is 9.61. The number of hydrogen-bond donors (Lipinski definition) is 2. The van der Waals surface area contributed by atoms with Crippen molar-refractivity contribution >= 4 is 11.6 Å². The summed E-state index contributed by atoms with van der Waals surface area (Å²) in [7, 11) is 0. The van der Waals surface area contributed by atoms with Gasteiger partial charge in [-0.15, -0.1) is 0 Å². The summed E-state index contributed by atoms with van der Waals surface area (Å²) in [6, 6.07) is 7.93. The lowest BCUT2D eigenvalue weighted by atomic mass is 10.1. The highest BCUT2D eigenvalue weighted by Gasteiger charge is 2.23. The van der Waals surface area contributed by atoms with E-state index in [2.05, 4.69) is 31.0 Å². The molecule has 0 saturated carbocycles. The van der Waals surface area contributed by atoms with Crippen LogP contribution in [0.3, 0.4) is 0 Å². The van der Waals surface area contributed by atoms with Crippen LogP contribution in [0.4, 0.5) is 5.69 Å². The summed E-state index contributed by atoms with van der Waals surface area (Å²) >= 11 is 0. The molecule has 0 aliphatic carbocycles. The van der Waals surface area contributed by atoms with Crippen molar-refractivity contribution in [1.29, 1.82) is 0 Å². The van der Waals surface area contributed by atoms with Crippen LogP contribution in [0.25, 0.3) is 0 Å². The molecular weight excluding hydrogens is 250 g/mol. The summed E-state index contributed by atoms with van der Waals surface area (Å²) in [4.78, 5) is 14.3. The molecule has 4 heteroatoms. The molecule has 1 amide bonds. The number of nitrogens with zero attached hydrogens (tertiary/aromatic N) is 1. The third-order valence-corrected chi connectivity index (χ3v) is 3.50. The van der Waals surface area contributed by atoms with E-state index in [0.717, 1.165) is 24.2 Å². The molecule has 0 spiro atoms. The van der Waals surface area contributed by atoms with E-state index in [1.807, 2.05) is 31.2 Å². The number of nitrogens with one attached hydrogen (secondary N) is 1. The molecule has 20 heavy (non-hydrogen) atoms. The molecule has 0 saturated heterocycles. The number of amides is 1. The quantitative estimate of drug-likeness (QED) is 0.752. The first kappa shape index (κ1) is 16.5. The second-order valence-electron chi connectivity index (χ2n) is 5.43. The van der Waals surface area contributed by atoms with Crippen molar-refractivity contribution in [2.75, 3.05) is 12.3 Å². The molecule has 1 aromatic rings. The molecule has 4 nitrogen and oxygen atoms in total. The molecule has 0 bridgehead atoms. The Kier molecular flexibility index (Phi) is 6.52. The second kappa shape index (κ2) is 7.90. The van der Waals surface area contributed by atoms with Crippen molar-refractivity contribution < 1.29 is 4.79 Å². The zero-order chi connectivity index (χ0) is 15.1. The van der Waals surface area contributed by atoms with Crippen LogP contribution in [0, 0.1) is 0 Å². The van der Waals surface area contributed by atoms with Gasteiger partial charge in [0.15, 0.2) is 0 Å². The Morgan fingerprint density at radius 2 is 1.95 bits per heavy atom. The van der Waals surface area contributed by atoms with Gasteiger partial charge in [0.1, 0.15) is 0 Å². The normalized spacial score (nSPS) is 12.7. The molecule has 0 radical (unpaired) electrons. The molecule has 0 fully saturated rings. The highest BCUT2D eigenvalue weighted by molar-refractivity contribution is 5.81. The predicted octanol–water partition coefficient (Wildman–Crippen LogP) is 2.39. The number of benzene rings is 1. The van der Waals surface area contributed by atoms with Crippen LogP contribution < -0.4 is 11.1 Å². The fraction of sp³-hybridized carbons (Fsp3) is 0.562. The molecule has 1 atom stereocenters. The number of carbonyl (C=O) groups is 1. The van der Waals surface area contributed by atoms with Gasteiger partial charge in [0.25, 0.3) is 0 Å². The first-order valence-electron chi connectivity index (χ1n) is 7.34. The van der Waals surface area contributed by atoms with E-state index in [1.165, 1.54) is 0 Å². The van der Waals surface area contributed by atoms with Crippen molar-refractivity contribution in [3.63, 3.8) is 0 Å². The van der Waals surface area contributed by atoms with E-state index in [-0.39, 0.29) is 18.0 Å². The van der Waals surface area contributed by atoms with Crippen LogP contribution in [0.1, 0.15) is 39.7 Å². The van der Waals surface area contributed by atoms with Crippen LogP contribution in [0.15, 0.2) is 24.3 Å². The second-order valence-corrected chi connectivity index (χ2v) is 5.43. The molecule has 0 aliphatic rings. The maximum absolute atomic E-state index is 12.1. The summed E-state index contributed by atoms with van der Waals surface area (Å²) < 4.78 is 0. The molecule has 1 rings (SSSR count). The summed E-state index contributed by atoms with van der Waals surface area (Å²) in [6.07, 6.45) is 0.950. The lowest BCUT2D eigenvalue weighted by Gasteiger charge is -2.32. The van der Waals surface area contributed by atoms with Gasteiger partial charge in [-0.25, -0.2) is 0 Å². The zero-order valence-corrected chi connectivity index (χ0v) is 13.0. The Morgan fingerprint density at radius 1 is 1.30 bits per heavy atom. The third-order valence-electron chi connectivity index (χ3n) is 3.50. The number of anilines is 1. The molecule has 0 aromatic heterocycles. The Morgan fingerprint density at radius 3 is 2.50 bits per heavy atom. The van der Waals surface area contributed by atoms with Gasteiger partial charge in [-0.1, -0.05) is 25.1 Å². The van der Waals surface area contributed by atoms with E-state index in [0.29, 0.717) is 6.54 Å². The average Bonchev–Trinajstić information content (AvgIpc) is 2.42. The Balaban J connectivity index is 2.79. The van der Waals surface area contributed by atoms with Crippen molar-refractivity contribution in [1.82, 2.24) is 10.2 Å². The van der Waals surface area contributed by atoms with Crippen molar-refractivity contribution in [3.05, 3.63) is 29.8 Å². The lowest BCUT2D eigenvalue weighted by Crippen LogP contribution is -2.47. The minimum atomic E-state index is -0.166. The fourth-order valence-electron chi connectivity index (χ4n) is 2.19. The van der Waals surface area contributed by atoms with Gasteiger partial charge in [0.2, 0.25) is 5.91 Å². The molecule has 1 unspecified atom stereocenters. The SMILES string of the molecule is CCCNC(=O)C(C)N(Cc1ccccc1N)C(C)C. The molecule has 112 valence electrons. The highest BCUT2D eigenvalue weighted by atomic mass is 16.2. The minimum Gasteiger partial charge on any atom is -0.398 e. The zero-order valence-electron chi connectivity index (χ0n) is 13.0. The topological polar surface area (TPSA) is 58.4 Å². The van der Waals surface area contributed by atoms with Crippen molar-refractivity contribution in [2.45, 2.75) is 52.7 Å². The fourth-order valence-corrected chi connectivity index (χ4v) is 2.19. The molecule has 0 heterocycles. The van der Waals surface area contributed by atoms with Crippen LogP contribution >= 0.6 is 0 Å². The molecular formula is C16H27N3O. The maximum atomic E-state index is 12.1.